The number of carboxylic acids is 2. The van der Waals surface area contributed by atoms with Crippen LogP contribution < -0.4 is 0 Å². The summed E-state index contributed by atoms with van der Waals surface area (Å²) in [5.74, 6) is -3.13. The highest BCUT2D eigenvalue weighted by molar-refractivity contribution is 5.98. The van der Waals surface area contributed by atoms with Crippen molar-refractivity contribution in [2.75, 3.05) is 0 Å². The molecular formula is C30H25N7O7. The van der Waals surface area contributed by atoms with Crippen LogP contribution in [0.25, 0.3) is 34.2 Å². The lowest BCUT2D eigenvalue weighted by Crippen LogP contribution is -2.07. The highest BCUT2D eigenvalue weighted by Crippen LogP contribution is 2.31. The van der Waals surface area contributed by atoms with E-state index < -0.39 is 23.4 Å². The molecule has 0 aliphatic heterocycles. The van der Waals surface area contributed by atoms with Crippen LogP contribution in [0.2, 0.25) is 0 Å². The van der Waals surface area contributed by atoms with E-state index in [-0.39, 0.29) is 16.9 Å². The van der Waals surface area contributed by atoms with E-state index >= 15 is 0 Å². The molecule has 6 rings (SSSR count). The van der Waals surface area contributed by atoms with Gasteiger partial charge in [-0.25, -0.2) is 23.9 Å². The topological polar surface area (TPSA) is 206 Å². The molecule has 0 radical (unpaired) electrons. The first-order valence-electron chi connectivity index (χ1n) is 13.7. The number of rotatable bonds is 9. The molecule has 14 nitrogen and oxygen atoms in total. The lowest BCUT2D eigenvalue weighted by molar-refractivity contribution is 0.0682. The molecule has 0 unspecified atom stereocenters. The van der Waals surface area contributed by atoms with E-state index in [1.165, 1.54) is 58.2 Å². The minimum atomic E-state index is -1.27. The van der Waals surface area contributed by atoms with Gasteiger partial charge in [0, 0.05) is 24.1 Å². The molecule has 222 valence electrons. The zero-order valence-electron chi connectivity index (χ0n) is 23.0. The Bertz CT molecular complexity index is 1800. The predicted molar refractivity (Wildman–Crippen MR) is 153 cm³/mol. The molecule has 0 amide bonds. The van der Waals surface area contributed by atoms with Gasteiger partial charge in [-0.1, -0.05) is 36.1 Å². The van der Waals surface area contributed by atoms with Gasteiger partial charge in [-0.2, -0.15) is 0 Å². The Morgan fingerprint density at radius 3 is 1.61 bits per heavy atom. The standard InChI is InChI=1S/C30H25N7O7/c38-26(9-16-3-1-2-4-16)17-10-22(24-14-36(34-32-24)18-5-7-20(29(41)42)27(39)12-18)31-23(11-17)25-15-37(35-33-25)19-6-8-21(30(43)44)28(40)13-19/h5-8,10-16,39-40H,1-4,9H2,(H,41,42)(H,43,44). The maximum absolute atomic E-state index is 13.4. The average molecular weight is 596 g/mol. The Kier molecular flexibility index (Phi) is 7.31. The first-order chi connectivity index (χ1) is 21.2. The zero-order valence-corrected chi connectivity index (χ0v) is 23.0. The second-order valence-electron chi connectivity index (χ2n) is 10.5. The number of benzene rings is 2. The van der Waals surface area contributed by atoms with E-state index in [0.717, 1.165) is 25.7 Å². The first kappa shape index (κ1) is 28.2. The van der Waals surface area contributed by atoms with Crippen LogP contribution in [0.5, 0.6) is 11.5 Å². The molecule has 0 atom stereocenters. The Balaban J connectivity index is 1.37. The molecule has 1 aliphatic rings. The van der Waals surface area contributed by atoms with Crippen LogP contribution in [0, 0.1) is 5.92 Å². The molecule has 0 saturated heterocycles. The largest absolute Gasteiger partial charge is 0.507 e. The van der Waals surface area contributed by atoms with E-state index in [9.17, 15) is 34.8 Å². The Labute approximate surface area is 248 Å². The lowest BCUT2D eigenvalue weighted by atomic mass is 9.96. The van der Waals surface area contributed by atoms with Gasteiger partial charge >= 0.3 is 11.9 Å². The highest BCUT2D eigenvalue weighted by atomic mass is 16.4. The van der Waals surface area contributed by atoms with Gasteiger partial charge in [0.1, 0.15) is 34.0 Å². The third kappa shape index (κ3) is 5.60. The Hall–Kier alpha value is -5.92. The van der Waals surface area contributed by atoms with Crippen molar-refractivity contribution in [1.29, 1.82) is 0 Å². The van der Waals surface area contributed by atoms with Crippen molar-refractivity contribution < 1.29 is 34.8 Å². The zero-order chi connectivity index (χ0) is 31.0. The number of hydrogen-bond donors (Lipinski definition) is 4. The first-order valence-corrected chi connectivity index (χ1v) is 13.7. The highest BCUT2D eigenvalue weighted by Gasteiger charge is 2.22. The molecule has 3 aromatic heterocycles. The van der Waals surface area contributed by atoms with Crippen LogP contribution in [0.4, 0.5) is 0 Å². The maximum Gasteiger partial charge on any atom is 0.339 e. The number of aromatic nitrogens is 7. The number of aromatic hydroxyl groups is 2. The molecule has 0 spiro atoms. The molecule has 1 aliphatic carbocycles. The molecule has 14 heteroatoms. The van der Waals surface area contributed by atoms with Crippen LogP contribution in [0.3, 0.4) is 0 Å². The number of carboxylic acid groups (broad SMARTS) is 2. The molecule has 44 heavy (non-hydrogen) atoms. The molecule has 1 fully saturated rings. The molecule has 4 N–H and O–H groups in total. The minimum Gasteiger partial charge on any atom is -0.507 e. The smallest absolute Gasteiger partial charge is 0.339 e. The number of pyridine rings is 1. The fraction of sp³-hybridized carbons (Fsp3) is 0.200. The summed E-state index contributed by atoms with van der Waals surface area (Å²) >= 11 is 0. The second kappa shape index (κ2) is 11.4. The summed E-state index contributed by atoms with van der Waals surface area (Å²) in [5, 5.41) is 55.2. The number of hydrogen-bond acceptors (Lipinski definition) is 10. The number of carbonyl (C=O) groups is 3. The second-order valence-corrected chi connectivity index (χ2v) is 10.5. The van der Waals surface area contributed by atoms with E-state index in [2.05, 4.69) is 25.6 Å². The fourth-order valence-electron chi connectivity index (χ4n) is 5.25. The van der Waals surface area contributed by atoms with Gasteiger partial charge in [-0.05, 0) is 42.3 Å². The summed E-state index contributed by atoms with van der Waals surface area (Å²) in [5.41, 5.74) is 1.90. The van der Waals surface area contributed by atoms with Gasteiger partial charge in [0.15, 0.2) is 5.78 Å². The average Bonchev–Trinajstić information content (AvgIpc) is 3.79. The van der Waals surface area contributed by atoms with Gasteiger partial charge < -0.3 is 20.4 Å². The molecule has 1 saturated carbocycles. The van der Waals surface area contributed by atoms with Gasteiger partial charge in [-0.3, -0.25) is 4.79 Å². The van der Waals surface area contributed by atoms with Gasteiger partial charge in [0.25, 0.3) is 0 Å². The van der Waals surface area contributed by atoms with Crippen LogP contribution in [-0.4, -0.2) is 73.1 Å². The van der Waals surface area contributed by atoms with Gasteiger partial charge in [0.05, 0.1) is 35.2 Å². The summed E-state index contributed by atoms with van der Waals surface area (Å²) in [4.78, 5) is 40.6. The molecule has 2 aromatic carbocycles. The Morgan fingerprint density at radius 1 is 0.705 bits per heavy atom. The number of ketones is 1. The summed E-state index contributed by atoms with van der Waals surface area (Å²) in [6, 6.07) is 11.2. The van der Waals surface area contributed by atoms with E-state index in [4.69, 9.17) is 0 Å². The third-order valence-corrected chi connectivity index (χ3v) is 7.56. The van der Waals surface area contributed by atoms with Crippen LogP contribution >= 0.6 is 0 Å². The monoisotopic (exact) mass is 595 g/mol. The molecule has 5 aromatic rings. The SMILES string of the molecule is O=C(CC1CCCC1)c1cc(-c2cn(-c3ccc(C(=O)O)c(O)c3)nn2)nc(-c2cn(-c3ccc(C(=O)O)c(O)c3)nn2)c1. The van der Waals surface area contributed by atoms with E-state index in [0.29, 0.717) is 52.1 Å². The van der Waals surface area contributed by atoms with Gasteiger partial charge in [-0.15, -0.1) is 10.2 Å². The van der Waals surface area contributed by atoms with Crippen LogP contribution in [0.15, 0.2) is 60.9 Å². The minimum absolute atomic E-state index is 0.0510. The van der Waals surface area contributed by atoms with Gasteiger partial charge in [0.2, 0.25) is 0 Å². The summed E-state index contributed by atoms with van der Waals surface area (Å²) in [7, 11) is 0. The number of carbonyl (C=O) groups excluding carboxylic acids is 1. The lowest BCUT2D eigenvalue weighted by Gasteiger charge is -2.09. The quantitative estimate of drug-likeness (QED) is 0.177. The van der Waals surface area contributed by atoms with Crippen molar-refractivity contribution in [2.45, 2.75) is 32.1 Å². The van der Waals surface area contributed by atoms with Crippen molar-refractivity contribution in [2.24, 2.45) is 5.92 Å². The van der Waals surface area contributed by atoms with Crippen molar-refractivity contribution in [3.63, 3.8) is 0 Å². The maximum atomic E-state index is 13.4. The van der Waals surface area contributed by atoms with Crippen LogP contribution in [-0.2, 0) is 0 Å². The third-order valence-electron chi connectivity index (χ3n) is 7.56. The summed E-state index contributed by atoms with van der Waals surface area (Å²) in [6.45, 7) is 0. The molecule has 3 heterocycles. The predicted octanol–water partition coefficient (Wildman–Crippen LogP) is 4.15. The van der Waals surface area contributed by atoms with Crippen molar-refractivity contribution >= 4 is 17.7 Å². The fourth-order valence-corrected chi connectivity index (χ4v) is 5.25. The molecular weight excluding hydrogens is 570 g/mol. The van der Waals surface area contributed by atoms with Crippen molar-refractivity contribution in [3.8, 4) is 45.6 Å². The Morgan fingerprint density at radius 2 is 1.18 bits per heavy atom. The number of aromatic carboxylic acids is 2. The van der Waals surface area contributed by atoms with Crippen LogP contribution in [0.1, 0.15) is 63.2 Å². The molecule has 0 bridgehead atoms. The van der Waals surface area contributed by atoms with E-state index in [1.54, 1.807) is 12.1 Å². The normalized spacial score (nSPS) is 13.3. The van der Waals surface area contributed by atoms with E-state index in [1.807, 2.05) is 0 Å². The number of phenols is 2. The number of nitrogens with zero attached hydrogens (tertiary/aromatic N) is 7. The summed E-state index contributed by atoms with van der Waals surface area (Å²) in [6.07, 6.45) is 7.67. The number of Topliss-reactive ketones (excluding diaryl/α,β-unsaturated/α-hetero) is 1. The van der Waals surface area contributed by atoms with Crippen molar-refractivity contribution in [1.82, 2.24) is 35.0 Å². The van der Waals surface area contributed by atoms with Crippen molar-refractivity contribution in [3.05, 3.63) is 77.6 Å². The summed E-state index contributed by atoms with van der Waals surface area (Å²) < 4.78 is 2.69.